The first-order chi connectivity index (χ1) is 18.3. The van der Waals surface area contributed by atoms with E-state index in [0.29, 0.717) is 39.0 Å². The number of nitrogens with two attached hydrogens (primary N) is 2. The highest BCUT2D eigenvalue weighted by atomic mass is 16.3. The molecule has 1 aliphatic rings. The number of guanidine groups is 1. The lowest BCUT2D eigenvalue weighted by Gasteiger charge is -2.36. The Morgan fingerprint density at radius 1 is 1.18 bits per heavy atom. The van der Waals surface area contributed by atoms with Gasteiger partial charge in [0.2, 0.25) is 5.91 Å². The van der Waals surface area contributed by atoms with Gasteiger partial charge in [-0.3, -0.25) is 19.9 Å². The average Bonchev–Trinajstić information content (AvgIpc) is 2.92. The molecule has 10 heteroatoms. The number of aromatic hydroxyl groups is 1. The Balaban J connectivity index is 1.66. The molecular formula is C28H39N7O3. The first kappa shape index (κ1) is 28.8. The molecule has 0 aromatic heterocycles. The van der Waals surface area contributed by atoms with Gasteiger partial charge in [0, 0.05) is 32.7 Å². The first-order valence-electron chi connectivity index (χ1n) is 13.0. The molecule has 0 saturated carbocycles. The van der Waals surface area contributed by atoms with Crippen LogP contribution in [0.3, 0.4) is 0 Å². The van der Waals surface area contributed by atoms with Crippen molar-refractivity contribution in [1.29, 1.82) is 5.41 Å². The number of carbonyl (C=O) groups excluding carboxylic acids is 2. The second-order valence-electron chi connectivity index (χ2n) is 9.45. The average molecular weight is 522 g/mol. The fraction of sp³-hybridized carbons (Fsp3) is 0.393. The van der Waals surface area contributed by atoms with Gasteiger partial charge in [-0.2, -0.15) is 0 Å². The summed E-state index contributed by atoms with van der Waals surface area (Å²) in [6.45, 7) is 3.01. The quantitative estimate of drug-likeness (QED) is 0.114. The normalized spacial score (nSPS) is 17.6. The third-order valence-electron chi connectivity index (χ3n) is 6.51. The Morgan fingerprint density at radius 2 is 1.92 bits per heavy atom. The second kappa shape index (κ2) is 14.9. The van der Waals surface area contributed by atoms with Gasteiger partial charge in [-0.25, -0.2) is 0 Å². The predicted molar refractivity (Wildman–Crippen MR) is 150 cm³/mol. The van der Waals surface area contributed by atoms with Crippen LogP contribution >= 0.6 is 0 Å². The molecule has 3 rings (SSSR count). The van der Waals surface area contributed by atoms with Gasteiger partial charge in [0.05, 0.1) is 18.1 Å². The van der Waals surface area contributed by atoms with Crippen molar-refractivity contribution in [2.45, 2.75) is 37.4 Å². The second-order valence-corrected chi connectivity index (χ2v) is 9.45. The summed E-state index contributed by atoms with van der Waals surface area (Å²) in [4.78, 5) is 28.9. The summed E-state index contributed by atoms with van der Waals surface area (Å²) >= 11 is 0. The van der Waals surface area contributed by atoms with E-state index in [9.17, 15) is 14.7 Å². The number of hydrogen-bond acceptors (Lipinski definition) is 7. The third kappa shape index (κ3) is 9.29. The highest BCUT2D eigenvalue weighted by molar-refractivity contribution is 5.94. The van der Waals surface area contributed by atoms with Crippen LogP contribution in [0.5, 0.6) is 5.75 Å². The summed E-state index contributed by atoms with van der Waals surface area (Å²) in [5.41, 5.74) is 13.5. The summed E-state index contributed by atoms with van der Waals surface area (Å²) in [5.74, 6) is -0.477. The zero-order valence-corrected chi connectivity index (χ0v) is 21.6. The number of nitrogens with one attached hydrogen (secondary N) is 4. The summed E-state index contributed by atoms with van der Waals surface area (Å²) in [5, 5.41) is 25.8. The minimum absolute atomic E-state index is 0.0710. The third-order valence-corrected chi connectivity index (χ3v) is 6.51. The number of Topliss-reactive ketones (excluding diaryl/α,β-unsaturated/α-hetero) is 1. The molecule has 0 spiro atoms. The number of phenols is 1. The summed E-state index contributed by atoms with van der Waals surface area (Å²) in [6, 6.07) is 14.5. The first-order valence-corrected chi connectivity index (χ1v) is 13.0. The topological polar surface area (TPSA) is 170 Å². The number of hydrogen-bond donors (Lipinski definition) is 7. The van der Waals surface area contributed by atoms with Gasteiger partial charge in [0.15, 0.2) is 11.7 Å². The number of rotatable bonds is 13. The maximum atomic E-state index is 13.7. The Labute approximate surface area is 224 Å². The van der Waals surface area contributed by atoms with Crippen LogP contribution in [-0.2, 0) is 16.0 Å². The summed E-state index contributed by atoms with van der Waals surface area (Å²) in [6.07, 6.45) is 5.30. The van der Waals surface area contributed by atoms with Crippen LogP contribution in [0, 0.1) is 5.41 Å². The SMILES string of the molecule is N=C(N)NCCC[C@@H](NC(=O)[C@@H](N)Cc1ccc(O)cc1)C(=O)C1CNCCN1CC=Cc1ccccc1. The van der Waals surface area contributed by atoms with E-state index < -0.39 is 24.0 Å². The molecule has 38 heavy (non-hydrogen) atoms. The van der Waals surface area contributed by atoms with E-state index in [4.69, 9.17) is 16.9 Å². The molecule has 1 aliphatic heterocycles. The number of nitrogens with zero attached hydrogens (tertiary/aromatic N) is 1. The van der Waals surface area contributed by atoms with Gasteiger partial charge in [-0.15, -0.1) is 0 Å². The fourth-order valence-corrected chi connectivity index (χ4v) is 4.44. The molecule has 3 atom stereocenters. The Bertz CT molecular complexity index is 1080. The van der Waals surface area contributed by atoms with Crippen molar-refractivity contribution >= 4 is 23.7 Å². The predicted octanol–water partition coefficient (Wildman–Crippen LogP) is 0.566. The zero-order valence-electron chi connectivity index (χ0n) is 21.6. The zero-order chi connectivity index (χ0) is 27.3. The molecule has 1 saturated heterocycles. The van der Waals surface area contributed by atoms with Crippen LogP contribution in [0.25, 0.3) is 6.08 Å². The number of phenolic OH excluding ortho intramolecular Hbond substituents is 1. The van der Waals surface area contributed by atoms with Crippen molar-refractivity contribution in [2.75, 3.05) is 32.7 Å². The van der Waals surface area contributed by atoms with Gasteiger partial charge in [-0.05, 0) is 42.5 Å². The molecule has 2 aromatic rings. The number of ketones is 1. The number of benzene rings is 2. The summed E-state index contributed by atoms with van der Waals surface area (Å²) in [7, 11) is 0. The number of amides is 1. The van der Waals surface area contributed by atoms with Crippen molar-refractivity contribution in [2.24, 2.45) is 11.5 Å². The Morgan fingerprint density at radius 3 is 2.63 bits per heavy atom. The molecule has 0 bridgehead atoms. The minimum atomic E-state index is -0.848. The standard InChI is InChI=1S/C28H39N7O3/c29-23(18-21-10-12-22(36)13-11-21)27(38)34-24(9-4-14-33-28(30)31)26(37)25-19-32-15-17-35(25)16-5-8-20-6-2-1-3-7-20/h1-3,5-8,10-13,23-25,32,36H,4,9,14-19,29H2,(H,34,38)(H4,30,31,33)/t23-,24+,25?/m0/s1. The molecule has 1 amide bonds. The maximum absolute atomic E-state index is 13.7. The maximum Gasteiger partial charge on any atom is 0.237 e. The van der Waals surface area contributed by atoms with Crippen LogP contribution in [0.2, 0.25) is 0 Å². The summed E-state index contributed by atoms with van der Waals surface area (Å²) < 4.78 is 0. The van der Waals surface area contributed by atoms with Crippen molar-refractivity contribution < 1.29 is 14.7 Å². The Hall–Kier alpha value is -3.73. The van der Waals surface area contributed by atoms with Gasteiger partial charge < -0.3 is 32.5 Å². The van der Waals surface area contributed by atoms with Gasteiger partial charge >= 0.3 is 0 Å². The molecule has 0 aliphatic carbocycles. The van der Waals surface area contributed by atoms with E-state index in [1.54, 1.807) is 24.3 Å². The van der Waals surface area contributed by atoms with E-state index in [0.717, 1.165) is 17.7 Å². The van der Waals surface area contributed by atoms with Crippen molar-refractivity contribution in [3.05, 3.63) is 71.8 Å². The van der Waals surface area contributed by atoms with Crippen LogP contribution in [-0.4, -0.2) is 78.5 Å². The lowest BCUT2D eigenvalue weighted by Crippen LogP contribution is -2.60. The van der Waals surface area contributed by atoms with Gasteiger partial charge in [0.1, 0.15) is 5.75 Å². The van der Waals surface area contributed by atoms with E-state index in [1.165, 1.54) is 0 Å². The van der Waals surface area contributed by atoms with Gasteiger partial charge in [-0.1, -0.05) is 54.6 Å². The molecule has 1 heterocycles. The Kier molecular flexibility index (Phi) is 11.3. The molecule has 1 unspecified atom stereocenters. The molecule has 10 nitrogen and oxygen atoms in total. The van der Waals surface area contributed by atoms with Crippen LogP contribution in [0.1, 0.15) is 24.0 Å². The lowest BCUT2D eigenvalue weighted by atomic mass is 9.97. The largest absolute Gasteiger partial charge is 0.508 e. The molecular weight excluding hydrogens is 482 g/mol. The van der Waals surface area contributed by atoms with E-state index in [2.05, 4.69) is 26.9 Å². The van der Waals surface area contributed by atoms with Crippen molar-refractivity contribution in [3.8, 4) is 5.75 Å². The van der Waals surface area contributed by atoms with Gasteiger partial charge in [0.25, 0.3) is 0 Å². The van der Waals surface area contributed by atoms with E-state index >= 15 is 0 Å². The highest BCUT2D eigenvalue weighted by Gasteiger charge is 2.34. The molecule has 204 valence electrons. The van der Waals surface area contributed by atoms with Crippen molar-refractivity contribution in [1.82, 2.24) is 20.9 Å². The van der Waals surface area contributed by atoms with Crippen LogP contribution < -0.4 is 27.4 Å². The van der Waals surface area contributed by atoms with Crippen molar-refractivity contribution in [3.63, 3.8) is 0 Å². The molecule has 9 N–H and O–H groups in total. The van der Waals surface area contributed by atoms with Crippen LogP contribution in [0.4, 0.5) is 0 Å². The number of piperazine rings is 1. The lowest BCUT2D eigenvalue weighted by molar-refractivity contribution is -0.132. The monoisotopic (exact) mass is 521 g/mol. The molecule has 1 fully saturated rings. The highest BCUT2D eigenvalue weighted by Crippen LogP contribution is 2.13. The van der Waals surface area contributed by atoms with E-state index in [-0.39, 0.29) is 23.9 Å². The smallest absolute Gasteiger partial charge is 0.237 e. The molecule has 0 radical (unpaired) electrons. The number of carbonyl (C=O) groups is 2. The van der Waals surface area contributed by atoms with Crippen LogP contribution in [0.15, 0.2) is 60.7 Å². The minimum Gasteiger partial charge on any atom is -0.508 e. The van der Waals surface area contributed by atoms with E-state index in [1.807, 2.05) is 36.4 Å². The fourth-order valence-electron chi connectivity index (χ4n) is 4.44. The molecule has 2 aromatic carbocycles.